The molecule has 2 aromatic rings. The number of hydrogen-bond donors (Lipinski definition) is 0. The fourth-order valence-corrected chi connectivity index (χ4v) is 6.21. The van der Waals surface area contributed by atoms with Gasteiger partial charge in [-0.2, -0.15) is 0 Å². The molecule has 2 aliphatic rings. The molecule has 162 valence electrons. The van der Waals surface area contributed by atoms with E-state index >= 15 is 0 Å². The van der Waals surface area contributed by atoms with Gasteiger partial charge in [0.2, 0.25) is 11.6 Å². The molecule has 0 aromatic heterocycles. The van der Waals surface area contributed by atoms with Crippen molar-refractivity contribution in [2.24, 2.45) is 0 Å². The van der Waals surface area contributed by atoms with Crippen LogP contribution in [0.5, 0.6) is 0 Å². The zero-order valence-corrected chi connectivity index (χ0v) is 18.6. The predicted molar refractivity (Wildman–Crippen MR) is 121 cm³/mol. The number of allylic oxidation sites excluding steroid dienone is 2. The first-order valence-electron chi connectivity index (χ1n) is 10.7. The molecule has 0 spiro atoms. The van der Waals surface area contributed by atoms with E-state index in [0.717, 1.165) is 18.4 Å². The summed E-state index contributed by atoms with van der Waals surface area (Å²) in [5.41, 5.74) is 1.92. The van der Waals surface area contributed by atoms with Gasteiger partial charge in [0.15, 0.2) is 4.91 Å². The second-order valence-corrected chi connectivity index (χ2v) is 9.62. The Labute approximate surface area is 183 Å². The first kappa shape index (κ1) is 21.3. The highest BCUT2D eigenvalue weighted by Gasteiger charge is 2.44. The minimum atomic E-state index is -4.23. The van der Waals surface area contributed by atoms with E-state index in [1.165, 1.54) is 10.4 Å². The third-order valence-electron chi connectivity index (χ3n) is 5.75. The highest BCUT2D eigenvalue weighted by Crippen LogP contribution is 2.38. The van der Waals surface area contributed by atoms with Gasteiger partial charge < -0.3 is 4.90 Å². The molecule has 0 saturated carbocycles. The second-order valence-electron chi connectivity index (χ2n) is 7.82. The molecule has 0 bridgehead atoms. The average Bonchev–Trinajstić information content (AvgIpc) is 3.21. The van der Waals surface area contributed by atoms with Crippen LogP contribution < -0.4 is 4.31 Å². The van der Waals surface area contributed by atoms with Gasteiger partial charge in [0.25, 0.3) is 10.0 Å². The van der Waals surface area contributed by atoms with E-state index < -0.39 is 26.5 Å². The Balaban J connectivity index is 1.95. The first-order valence-corrected chi connectivity index (χ1v) is 12.1. The Hall–Kier alpha value is -2.93. The zero-order valence-electron chi connectivity index (χ0n) is 17.8. The summed E-state index contributed by atoms with van der Waals surface area (Å²) in [6.45, 7) is 5.19. The lowest BCUT2D eigenvalue weighted by Gasteiger charge is -2.32. The third kappa shape index (κ3) is 3.47. The lowest BCUT2D eigenvalue weighted by atomic mass is 9.91. The number of rotatable bonds is 7. The van der Waals surface area contributed by atoms with Crippen molar-refractivity contribution in [1.82, 2.24) is 4.90 Å². The number of nitrogens with zero attached hydrogens (tertiary/aromatic N) is 2. The summed E-state index contributed by atoms with van der Waals surface area (Å²) in [4.78, 5) is 28.5. The van der Waals surface area contributed by atoms with Gasteiger partial charge in [-0.3, -0.25) is 13.9 Å². The zero-order chi connectivity index (χ0) is 22.2. The molecule has 0 saturated heterocycles. The smallest absolute Gasteiger partial charge is 0.270 e. The number of ketones is 2. The molecular formula is C24H26N2O4S. The van der Waals surface area contributed by atoms with E-state index in [4.69, 9.17) is 0 Å². The molecule has 2 aromatic carbocycles. The second kappa shape index (κ2) is 8.30. The molecule has 7 heteroatoms. The van der Waals surface area contributed by atoms with Crippen LogP contribution >= 0.6 is 0 Å². The largest absolute Gasteiger partial charge is 0.367 e. The molecule has 4 rings (SSSR count). The van der Waals surface area contributed by atoms with E-state index in [-0.39, 0.29) is 23.4 Å². The lowest BCUT2D eigenvalue weighted by Crippen LogP contribution is -2.41. The van der Waals surface area contributed by atoms with Crippen LogP contribution in [0.3, 0.4) is 0 Å². The van der Waals surface area contributed by atoms with Crippen molar-refractivity contribution in [2.75, 3.05) is 23.9 Å². The van der Waals surface area contributed by atoms with E-state index in [1.54, 1.807) is 35.2 Å². The van der Waals surface area contributed by atoms with Gasteiger partial charge in [0.05, 0.1) is 5.69 Å². The Morgan fingerprint density at radius 3 is 2.10 bits per heavy atom. The van der Waals surface area contributed by atoms with Crippen molar-refractivity contribution in [3.05, 3.63) is 75.8 Å². The van der Waals surface area contributed by atoms with Crippen LogP contribution in [-0.4, -0.2) is 44.5 Å². The van der Waals surface area contributed by atoms with Gasteiger partial charge in [0, 0.05) is 30.8 Å². The number of sulfonamides is 1. The summed E-state index contributed by atoms with van der Waals surface area (Å²) < 4.78 is 29.1. The standard InChI is InChI=1S/C24H26N2O4S/c1-3-14-25(15-4-2)21-22(27)18-10-6-7-11-19(18)23(28)24(21)31(29,30)26-16-13-17-9-5-8-12-20(17)26/h5-12H,3-4,13-16H2,1-2H3. The summed E-state index contributed by atoms with van der Waals surface area (Å²) in [5, 5.41) is 0. The fraction of sp³-hybridized carbons (Fsp3) is 0.333. The van der Waals surface area contributed by atoms with Crippen LogP contribution in [0.4, 0.5) is 5.69 Å². The summed E-state index contributed by atoms with van der Waals surface area (Å²) in [7, 11) is -4.23. The van der Waals surface area contributed by atoms with Gasteiger partial charge in [-0.05, 0) is 30.9 Å². The van der Waals surface area contributed by atoms with Crippen molar-refractivity contribution in [3.63, 3.8) is 0 Å². The SMILES string of the molecule is CCCN(CCC)C1=C(S(=O)(=O)N2CCc3ccccc32)C(=O)c2ccccc2C1=O. The molecule has 31 heavy (non-hydrogen) atoms. The maximum absolute atomic E-state index is 13.9. The number of carbonyl (C=O) groups is 2. The quantitative estimate of drug-likeness (QED) is 0.658. The number of carbonyl (C=O) groups excluding carboxylic acids is 2. The molecule has 6 nitrogen and oxygen atoms in total. The maximum Gasteiger partial charge on any atom is 0.270 e. The predicted octanol–water partition coefficient (Wildman–Crippen LogP) is 3.79. The van der Waals surface area contributed by atoms with Gasteiger partial charge in [-0.25, -0.2) is 8.42 Å². The number of anilines is 1. The molecule has 0 radical (unpaired) electrons. The number of fused-ring (bicyclic) bond motifs is 2. The van der Waals surface area contributed by atoms with Gasteiger partial charge >= 0.3 is 0 Å². The molecule has 1 aliphatic heterocycles. The fourth-order valence-electron chi connectivity index (χ4n) is 4.41. The Morgan fingerprint density at radius 2 is 1.45 bits per heavy atom. The minimum absolute atomic E-state index is 0.0109. The molecule has 0 unspecified atom stereocenters. The van der Waals surface area contributed by atoms with Crippen LogP contribution in [0.15, 0.2) is 59.1 Å². The van der Waals surface area contributed by atoms with Crippen molar-refractivity contribution in [3.8, 4) is 0 Å². The van der Waals surface area contributed by atoms with Crippen LogP contribution in [0.1, 0.15) is 53.0 Å². The molecular weight excluding hydrogens is 412 g/mol. The van der Waals surface area contributed by atoms with E-state index in [0.29, 0.717) is 25.2 Å². The molecule has 0 atom stereocenters. The van der Waals surface area contributed by atoms with Crippen molar-refractivity contribution in [1.29, 1.82) is 0 Å². The van der Waals surface area contributed by atoms with Crippen molar-refractivity contribution < 1.29 is 18.0 Å². The molecule has 0 amide bonds. The van der Waals surface area contributed by atoms with Crippen LogP contribution in [0.2, 0.25) is 0 Å². The number of Topliss-reactive ketones (excluding diaryl/α,β-unsaturated/α-hetero) is 2. The molecule has 1 heterocycles. The van der Waals surface area contributed by atoms with Crippen LogP contribution in [0.25, 0.3) is 0 Å². The van der Waals surface area contributed by atoms with Gasteiger partial charge in [0.1, 0.15) is 5.70 Å². The number of para-hydroxylation sites is 1. The van der Waals surface area contributed by atoms with E-state index in [2.05, 4.69) is 0 Å². The Morgan fingerprint density at radius 1 is 0.871 bits per heavy atom. The lowest BCUT2D eigenvalue weighted by molar-refractivity contribution is 0.0946. The Kier molecular flexibility index (Phi) is 5.71. The van der Waals surface area contributed by atoms with Gasteiger partial charge in [-0.1, -0.05) is 56.3 Å². The Bertz CT molecular complexity index is 1180. The monoisotopic (exact) mass is 438 g/mol. The topological polar surface area (TPSA) is 74.8 Å². The van der Waals surface area contributed by atoms with E-state index in [9.17, 15) is 18.0 Å². The van der Waals surface area contributed by atoms with Crippen molar-refractivity contribution in [2.45, 2.75) is 33.1 Å². The van der Waals surface area contributed by atoms with Crippen LogP contribution in [-0.2, 0) is 16.4 Å². The van der Waals surface area contributed by atoms with Crippen LogP contribution in [0, 0.1) is 0 Å². The van der Waals surface area contributed by atoms with Crippen molar-refractivity contribution >= 4 is 27.3 Å². The molecule has 1 aliphatic carbocycles. The summed E-state index contributed by atoms with van der Waals surface area (Å²) in [6, 6.07) is 13.8. The van der Waals surface area contributed by atoms with E-state index in [1.807, 2.05) is 26.0 Å². The normalized spacial score (nSPS) is 15.9. The maximum atomic E-state index is 13.9. The minimum Gasteiger partial charge on any atom is -0.367 e. The summed E-state index contributed by atoms with van der Waals surface area (Å²) in [5.74, 6) is -1.00. The molecule has 0 N–H and O–H groups in total. The highest BCUT2D eigenvalue weighted by molar-refractivity contribution is 7.97. The third-order valence-corrected chi connectivity index (χ3v) is 7.60. The molecule has 0 fully saturated rings. The first-order chi connectivity index (χ1) is 14.9. The summed E-state index contributed by atoms with van der Waals surface area (Å²) in [6.07, 6.45) is 2.03. The summed E-state index contributed by atoms with van der Waals surface area (Å²) >= 11 is 0. The average molecular weight is 439 g/mol. The van der Waals surface area contributed by atoms with Gasteiger partial charge in [-0.15, -0.1) is 0 Å². The number of benzene rings is 2. The number of hydrogen-bond acceptors (Lipinski definition) is 5. The highest BCUT2D eigenvalue weighted by atomic mass is 32.2.